The van der Waals surface area contributed by atoms with Crippen LogP contribution in [0.3, 0.4) is 0 Å². The minimum absolute atomic E-state index is 0.511. The predicted molar refractivity (Wildman–Crippen MR) is 110 cm³/mol. The first-order valence-corrected chi connectivity index (χ1v) is 8.64. The summed E-state index contributed by atoms with van der Waals surface area (Å²) < 4.78 is 0. The van der Waals surface area contributed by atoms with Gasteiger partial charge in [-0.1, -0.05) is 18.2 Å². The van der Waals surface area contributed by atoms with Gasteiger partial charge in [-0.3, -0.25) is 4.98 Å². The molecular weight excluding hydrogens is 342 g/mol. The van der Waals surface area contributed by atoms with E-state index in [-0.39, 0.29) is 0 Å². The molecule has 0 spiro atoms. The fraction of sp³-hybridized carbons (Fsp3) is 0.0500. The normalized spacial score (nSPS) is 10.7. The first-order chi connectivity index (χ1) is 12.7. The second-order valence-corrected chi connectivity index (χ2v) is 6.36. The summed E-state index contributed by atoms with van der Waals surface area (Å²) in [6, 6.07) is 17.9. The number of rotatable bonds is 3. The molecule has 4 rings (SSSR count). The van der Waals surface area contributed by atoms with E-state index < -0.39 is 0 Å². The number of hydrogen-bond donors (Lipinski definition) is 3. The van der Waals surface area contributed by atoms with Gasteiger partial charge in [-0.2, -0.15) is 0 Å². The lowest BCUT2D eigenvalue weighted by Gasteiger charge is -2.12. The van der Waals surface area contributed by atoms with E-state index >= 15 is 0 Å². The third-order valence-corrected chi connectivity index (χ3v) is 4.26. The van der Waals surface area contributed by atoms with Crippen molar-refractivity contribution < 1.29 is 0 Å². The van der Waals surface area contributed by atoms with Crippen LogP contribution in [0, 0.1) is 6.92 Å². The zero-order chi connectivity index (χ0) is 17.9. The molecule has 26 heavy (non-hydrogen) atoms. The van der Waals surface area contributed by atoms with Crippen molar-refractivity contribution in [3.8, 4) is 11.4 Å². The van der Waals surface area contributed by atoms with E-state index in [1.165, 1.54) is 0 Å². The van der Waals surface area contributed by atoms with E-state index in [0.717, 1.165) is 39.4 Å². The molecule has 0 unspecified atom stereocenters. The molecule has 128 valence electrons. The van der Waals surface area contributed by atoms with Crippen LogP contribution in [-0.2, 0) is 0 Å². The maximum Gasteiger partial charge on any atom is 0.175 e. The number of nitrogens with one attached hydrogen (secondary N) is 3. The van der Waals surface area contributed by atoms with Crippen molar-refractivity contribution >= 4 is 39.7 Å². The first kappa shape index (κ1) is 16.2. The summed E-state index contributed by atoms with van der Waals surface area (Å²) in [5.41, 5.74) is 5.89. The van der Waals surface area contributed by atoms with Crippen molar-refractivity contribution in [1.29, 1.82) is 0 Å². The number of imidazole rings is 1. The number of benzene rings is 2. The average Bonchev–Trinajstić information content (AvgIpc) is 3.08. The lowest BCUT2D eigenvalue weighted by atomic mass is 10.1. The highest BCUT2D eigenvalue weighted by molar-refractivity contribution is 7.80. The van der Waals surface area contributed by atoms with E-state index in [4.69, 9.17) is 17.2 Å². The third-order valence-electron chi connectivity index (χ3n) is 4.06. The smallest absolute Gasteiger partial charge is 0.175 e. The molecule has 0 atom stereocenters. The Labute approximate surface area is 156 Å². The summed E-state index contributed by atoms with van der Waals surface area (Å²) >= 11 is 5.39. The van der Waals surface area contributed by atoms with Crippen LogP contribution < -0.4 is 10.6 Å². The predicted octanol–water partition coefficient (Wildman–Crippen LogP) is 4.74. The zero-order valence-electron chi connectivity index (χ0n) is 14.2. The minimum atomic E-state index is 0.511. The van der Waals surface area contributed by atoms with Crippen LogP contribution in [0.25, 0.3) is 22.4 Å². The molecule has 2 aromatic heterocycles. The highest BCUT2D eigenvalue weighted by Gasteiger charge is 2.09. The monoisotopic (exact) mass is 359 g/mol. The quantitative estimate of drug-likeness (QED) is 0.461. The highest BCUT2D eigenvalue weighted by Crippen LogP contribution is 2.26. The van der Waals surface area contributed by atoms with Gasteiger partial charge in [-0.25, -0.2) is 4.98 Å². The lowest BCUT2D eigenvalue weighted by molar-refractivity contribution is 1.31. The number of H-pyrrole nitrogens is 1. The standard InChI is InChI=1S/C20H17N5S/c1-13-8-9-14(22-20(26)23-15-5-4-10-21-12-15)11-16(13)19-24-17-6-2-3-7-18(17)25-19/h2-12H,1H3,(H,24,25)(H2,22,23,26). The minimum Gasteiger partial charge on any atom is -0.338 e. The van der Waals surface area contributed by atoms with Gasteiger partial charge in [0.25, 0.3) is 0 Å². The molecule has 0 amide bonds. The second-order valence-electron chi connectivity index (χ2n) is 5.95. The highest BCUT2D eigenvalue weighted by atomic mass is 32.1. The number of thiocarbonyl (C=S) groups is 1. The molecule has 0 radical (unpaired) electrons. The zero-order valence-corrected chi connectivity index (χ0v) is 15.0. The van der Waals surface area contributed by atoms with E-state index in [1.54, 1.807) is 12.4 Å². The Bertz CT molecular complexity index is 1040. The maximum absolute atomic E-state index is 5.39. The third kappa shape index (κ3) is 3.41. The van der Waals surface area contributed by atoms with Crippen LogP contribution in [-0.4, -0.2) is 20.1 Å². The first-order valence-electron chi connectivity index (χ1n) is 8.23. The molecule has 0 fully saturated rings. The van der Waals surface area contributed by atoms with Crippen LogP contribution in [0.5, 0.6) is 0 Å². The van der Waals surface area contributed by atoms with Crippen molar-refractivity contribution in [2.75, 3.05) is 10.6 Å². The van der Waals surface area contributed by atoms with Gasteiger partial charge in [0.2, 0.25) is 0 Å². The Morgan fingerprint density at radius 3 is 2.65 bits per heavy atom. The van der Waals surface area contributed by atoms with Gasteiger partial charge in [0, 0.05) is 17.4 Å². The Morgan fingerprint density at radius 1 is 1.00 bits per heavy atom. The average molecular weight is 359 g/mol. The van der Waals surface area contributed by atoms with Crippen LogP contribution in [0.4, 0.5) is 11.4 Å². The number of aromatic nitrogens is 3. The van der Waals surface area contributed by atoms with Gasteiger partial charge >= 0.3 is 0 Å². The number of hydrogen-bond acceptors (Lipinski definition) is 3. The van der Waals surface area contributed by atoms with E-state index in [0.29, 0.717) is 5.11 Å². The molecule has 6 heteroatoms. The SMILES string of the molecule is Cc1ccc(NC(=S)Nc2cccnc2)cc1-c1nc2ccccc2[nH]1. The van der Waals surface area contributed by atoms with Gasteiger partial charge in [0.1, 0.15) is 5.82 Å². The largest absolute Gasteiger partial charge is 0.338 e. The Kier molecular flexibility index (Phi) is 4.33. The van der Waals surface area contributed by atoms with Crippen LogP contribution in [0.15, 0.2) is 67.0 Å². The Hall–Kier alpha value is -3.25. The number of nitrogens with zero attached hydrogens (tertiary/aromatic N) is 2. The second kappa shape index (κ2) is 6.93. The number of para-hydroxylation sites is 2. The van der Waals surface area contributed by atoms with Gasteiger partial charge in [-0.15, -0.1) is 0 Å². The van der Waals surface area contributed by atoms with Gasteiger partial charge in [0.05, 0.1) is 22.9 Å². The summed E-state index contributed by atoms with van der Waals surface area (Å²) in [6.07, 6.45) is 3.45. The molecule has 0 saturated carbocycles. The van der Waals surface area contributed by atoms with Crippen LogP contribution >= 0.6 is 12.2 Å². The Balaban J connectivity index is 1.59. The number of aryl methyl sites for hydroxylation is 1. The van der Waals surface area contributed by atoms with E-state index in [2.05, 4.69) is 33.6 Å². The van der Waals surface area contributed by atoms with E-state index in [9.17, 15) is 0 Å². The molecule has 3 N–H and O–H groups in total. The fourth-order valence-corrected chi connectivity index (χ4v) is 3.00. The van der Waals surface area contributed by atoms with Crippen molar-refractivity contribution in [2.24, 2.45) is 0 Å². The molecule has 0 bridgehead atoms. The van der Waals surface area contributed by atoms with Crippen molar-refractivity contribution in [3.05, 3.63) is 72.6 Å². The molecule has 0 aliphatic carbocycles. The van der Waals surface area contributed by atoms with Crippen molar-refractivity contribution in [2.45, 2.75) is 6.92 Å². The number of pyridine rings is 1. The summed E-state index contributed by atoms with van der Waals surface area (Å²) in [5.74, 6) is 0.846. The maximum atomic E-state index is 5.39. The summed E-state index contributed by atoms with van der Waals surface area (Å²) in [7, 11) is 0. The summed E-state index contributed by atoms with van der Waals surface area (Å²) in [4.78, 5) is 12.1. The Morgan fingerprint density at radius 2 is 1.85 bits per heavy atom. The van der Waals surface area contributed by atoms with Gasteiger partial charge < -0.3 is 15.6 Å². The number of fused-ring (bicyclic) bond motifs is 1. The summed E-state index contributed by atoms with van der Waals surface area (Å²) in [5, 5.41) is 6.84. The van der Waals surface area contributed by atoms with E-state index in [1.807, 2.05) is 48.5 Å². The molecule has 4 aromatic rings. The summed E-state index contributed by atoms with van der Waals surface area (Å²) in [6.45, 7) is 2.07. The fourth-order valence-electron chi connectivity index (χ4n) is 2.77. The molecule has 0 aliphatic rings. The van der Waals surface area contributed by atoms with Crippen molar-refractivity contribution in [3.63, 3.8) is 0 Å². The lowest BCUT2D eigenvalue weighted by Crippen LogP contribution is -2.19. The van der Waals surface area contributed by atoms with Gasteiger partial charge in [0.15, 0.2) is 5.11 Å². The van der Waals surface area contributed by atoms with Crippen LogP contribution in [0.1, 0.15) is 5.56 Å². The molecule has 2 heterocycles. The molecule has 0 saturated heterocycles. The molecular formula is C20H17N5S. The molecule has 0 aliphatic heterocycles. The van der Waals surface area contributed by atoms with Crippen LogP contribution in [0.2, 0.25) is 0 Å². The molecule has 5 nitrogen and oxygen atoms in total. The molecule has 2 aromatic carbocycles. The van der Waals surface area contributed by atoms with Gasteiger partial charge in [-0.05, 0) is 61.1 Å². The number of anilines is 2. The van der Waals surface area contributed by atoms with Crippen molar-refractivity contribution in [1.82, 2.24) is 15.0 Å². The topological polar surface area (TPSA) is 65.6 Å². The number of aromatic amines is 1.